The van der Waals surface area contributed by atoms with E-state index in [4.69, 9.17) is 9.47 Å². The van der Waals surface area contributed by atoms with Crippen molar-refractivity contribution in [3.8, 4) is 17.2 Å². The maximum absolute atomic E-state index is 12.6. The summed E-state index contributed by atoms with van der Waals surface area (Å²) in [5.41, 5.74) is 3.81. The van der Waals surface area contributed by atoms with Crippen LogP contribution in [-0.4, -0.2) is 35.1 Å². The molecule has 8 heteroatoms. The number of hydrazone groups is 1. The van der Waals surface area contributed by atoms with Crippen molar-refractivity contribution in [1.82, 2.24) is 15.2 Å². The molecule has 0 spiro atoms. The topological polar surface area (TPSA) is 97.7 Å². The Hall–Kier alpha value is -3.81. The van der Waals surface area contributed by atoms with E-state index in [9.17, 15) is 9.59 Å². The summed E-state index contributed by atoms with van der Waals surface area (Å²) in [6, 6.07) is 16.3. The van der Waals surface area contributed by atoms with Gasteiger partial charge in [-0.3, -0.25) is 14.7 Å². The molecule has 29 heavy (non-hydrogen) atoms. The molecule has 0 unspecified atom stereocenters. The lowest BCUT2D eigenvalue weighted by molar-refractivity contribution is -0.123. The van der Waals surface area contributed by atoms with E-state index in [2.05, 4.69) is 15.6 Å². The van der Waals surface area contributed by atoms with Crippen LogP contribution in [-0.2, 0) is 4.79 Å². The van der Waals surface area contributed by atoms with Crippen molar-refractivity contribution in [2.45, 2.75) is 13.8 Å². The molecule has 0 fully saturated rings. The first-order valence-corrected chi connectivity index (χ1v) is 9.13. The van der Waals surface area contributed by atoms with Crippen LogP contribution in [0.2, 0.25) is 0 Å². The molecule has 0 saturated carbocycles. The number of hydrogen-bond donors (Lipinski definition) is 2. The number of ether oxygens (including phenoxy) is 2. The third-order valence-electron chi connectivity index (χ3n) is 4.02. The lowest BCUT2D eigenvalue weighted by Crippen LogP contribution is -2.25. The first kappa shape index (κ1) is 19.9. The summed E-state index contributed by atoms with van der Waals surface area (Å²) >= 11 is 0. The highest BCUT2D eigenvalue weighted by Gasteiger charge is 2.11. The van der Waals surface area contributed by atoms with Gasteiger partial charge in [-0.1, -0.05) is 30.3 Å². The molecule has 1 aromatic heterocycles. The number of para-hydroxylation sites is 3. The standard InChI is InChI=1S/C21H22N4O4/c1-3-28-18-11-7-8-12-19(18)29-14-20(26)23-22-13-17-15(2)24-25(21(17)27)16-9-5-4-6-10-16/h4-13,24H,3,14H2,1-2H3,(H,23,26)/b22-13+. The lowest BCUT2D eigenvalue weighted by atomic mass is 10.3. The van der Waals surface area contributed by atoms with Crippen molar-refractivity contribution in [2.75, 3.05) is 13.2 Å². The summed E-state index contributed by atoms with van der Waals surface area (Å²) in [6.07, 6.45) is 1.32. The molecule has 0 radical (unpaired) electrons. The van der Waals surface area contributed by atoms with Crippen molar-refractivity contribution in [2.24, 2.45) is 5.10 Å². The highest BCUT2D eigenvalue weighted by atomic mass is 16.5. The molecule has 0 bridgehead atoms. The zero-order valence-electron chi connectivity index (χ0n) is 16.2. The average Bonchev–Trinajstić information content (AvgIpc) is 3.02. The van der Waals surface area contributed by atoms with Crippen molar-refractivity contribution >= 4 is 12.1 Å². The van der Waals surface area contributed by atoms with Gasteiger partial charge in [0.25, 0.3) is 11.5 Å². The van der Waals surface area contributed by atoms with E-state index in [1.165, 1.54) is 10.9 Å². The monoisotopic (exact) mass is 394 g/mol. The van der Waals surface area contributed by atoms with Crippen molar-refractivity contribution in [3.63, 3.8) is 0 Å². The molecular formula is C21H22N4O4. The van der Waals surface area contributed by atoms with E-state index in [-0.39, 0.29) is 12.2 Å². The van der Waals surface area contributed by atoms with Crippen molar-refractivity contribution in [3.05, 3.63) is 76.2 Å². The third-order valence-corrected chi connectivity index (χ3v) is 4.02. The molecular weight excluding hydrogens is 372 g/mol. The van der Waals surface area contributed by atoms with Gasteiger partial charge in [0.2, 0.25) is 0 Å². The fourth-order valence-corrected chi connectivity index (χ4v) is 2.66. The third kappa shape index (κ3) is 4.92. The van der Waals surface area contributed by atoms with E-state index in [1.807, 2.05) is 43.3 Å². The van der Waals surface area contributed by atoms with Crippen LogP contribution in [0.3, 0.4) is 0 Å². The smallest absolute Gasteiger partial charge is 0.280 e. The molecule has 0 aliphatic rings. The molecule has 150 valence electrons. The molecule has 2 N–H and O–H groups in total. The Kier molecular flexibility index (Phi) is 6.47. The minimum absolute atomic E-state index is 0.234. The number of carbonyl (C=O) groups excluding carboxylic acids is 1. The number of amides is 1. The van der Waals surface area contributed by atoms with Gasteiger partial charge in [-0.15, -0.1) is 0 Å². The van der Waals surface area contributed by atoms with Gasteiger partial charge < -0.3 is 9.47 Å². The molecule has 0 saturated heterocycles. The predicted octanol–water partition coefficient (Wildman–Crippen LogP) is 2.40. The number of hydrogen-bond acceptors (Lipinski definition) is 5. The van der Waals surface area contributed by atoms with Crippen LogP contribution in [0.1, 0.15) is 18.2 Å². The molecule has 2 aromatic carbocycles. The van der Waals surface area contributed by atoms with E-state index in [0.29, 0.717) is 35.1 Å². The summed E-state index contributed by atoms with van der Waals surface area (Å²) in [6.45, 7) is 3.89. The SMILES string of the molecule is CCOc1ccccc1OCC(=O)N/N=C/c1c(C)[nH]n(-c2ccccc2)c1=O. The van der Waals surface area contributed by atoms with E-state index in [1.54, 1.807) is 25.1 Å². The molecule has 0 atom stereocenters. The highest BCUT2D eigenvalue weighted by molar-refractivity contribution is 5.83. The maximum atomic E-state index is 12.6. The number of aromatic nitrogens is 2. The van der Waals surface area contributed by atoms with Crippen LogP contribution in [0.25, 0.3) is 5.69 Å². The average molecular weight is 394 g/mol. The van der Waals surface area contributed by atoms with Crippen molar-refractivity contribution < 1.29 is 14.3 Å². The molecule has 3 rings (SSSR count). The van der Waals surface area contributed by atoms with Gasteiger partial charge >= 0.3 is 0 Å². The van der Waals surface area contributed by atoms with E-state index < -0.39 is 5.91 Å². The molecule has 1 heterocycles. The fraction of sp³-hybridized carbons (Fsp3) is 0.190. The van der Waals surface area contributed by atoms with Gasteiger partial charge in [-0.05, 0) is 38.1 Å². The molecule has 1 amide bonds. The normalized spacial score (nSPS) is 10.8. The summed E-state index contributed by atoms with van der Waals surface area (Å²) in [7, 11) is 0. The zero-order chi connectivity index (χ0) is 20.6. The van der Waals surface area contributed by atoms with Crippen LogP contribution in [0.15, 0.2) is 64.5 Å². The molecule has 0 aliphatic carbocycles. The van der Waals surface area contributed by atoms with E-state index in [0.717, 1.165) is 0 Å². The van der Waals surface area contributed by atoms with Crippen molar-refractivity contribution in [1.29, 1.82) is 0 Å². The van der Waals surface area contributed by atoms with E-state index >= 15 is 0 Å². The van der Waals surface area contributed by atoms with Crippen LogP contribution < -0.4 is 20.5 Å². The number of carbonyl (C=O) groups is 1. The second-order valence-corrected chi connectivity index (χ2v) is 6.09. The minimum Gasteiger partial charge on any atom is -0.490 e. The Balaban J connectivity index is 1.61. The maximum Gasteiger partial charge on any atom is 0.280 e. The van der Waals surface area contributed by atoms with Crippen LogP contribution in [0.4, 0.5) is 0 Å². The minimum atomic E-state index is -0.455. The number of benzene rings is 2. The number of rotatable bonds is 8. The summed E-state index contributed by atoms with van der Waals surface area (Å²) in [4.78, 5) is 24.6. The molecule has 8 nitrogen and oxygen atoms in total. The number of nitrogens with one attached hydrogen (secondary N) is 2. The van der Waals surface area contributed by atoms with Gasteiger partial charge in [0, 0.05) is 5.69 Å². The number of nitrogens with zero attached hydrogens (tertiary/aromatic N) is 2. The van der Waals surface area contributed by atoms with Gasteiger partial charge in [-0.2, -0.15) is 5.10 Å². The quantitative estimate of drug-likeness (QED) is 0.453. The Morgan fingerprint density at radius 2 is 1.76 bits per heavy atom. The largest absolute Gasteiger partial charge is 0.490 e. The van der Waals surface area contributed by atoms with Crippen LogP contribution in [0, 0.1) is 6.92 Å². The number of H-pyrrole nitrogens is 1. The first-order valence-electron chi connectivity index (χ1n) is 9.13. The first-order chi connectivity index (χ1) is 14.1. The lowest BCUT2D eigenvalue weighted by Gasteiger charge is -2.10. The predicted molar refractivity (Wildman–Crippen MR) is 110 cm³/mol. The van der Waals surface area contributed by atoms with Crippen LogP contribution in [0.5, 0.6) is 11.5 Å². The summed E-state index contributed by atoms with van der Waals surface area (Å²) < 4.78 is 12.4. The molecule has 0 aliphatic heterocycles. The Morgan fingerprint density at radius 3 is 2.45 bits per heavy atom. The van der Waals surface area contributed by atoms with Gasteiger partial charge in [0.1, 0.15) is 0 Å². The van der Waals surface area contributed by atoms with Gasteiger partial charge in [-0.25, -0.2) is 10.1 Å². The Labute approximate surface area is 167 Å². The van der Waals surface area contributed by atoms with Crippen LogP contribution >= 0.6 is 0 Å². The second-order valence-electron chi connectivity index (χ2n) is 6.09. The number of aromatic amines is 1. The summed E-state index contributed by atoms with van der Waals surface area (Å²) in [5, 5.41) is 6.87. The Bertz CT molecular complexity index is 1050. The summed E-state index contributed by atoms with van der Waals surface area (Å²) in [5.74, 6) is 0.584. The zero-order valence-corrected chi connectivity index (χ0v) is 16.2. The fourth-order valence-electron chi connectivity index (χ4n) is 2.66. The highest BCUT2D eigenvalue weighted by Crippen LogP contribution is 2.26. The number of aryl methyl sites for hydroxylation is 1. The second kappa shape index (κ2) is 9.41. The van der Waals surface area contributed by atoms with Gasteiger partial charge in [0.15, 0.2) is 18.1 Å². The van der Waals surface area contributed by atoms with Gasteiger partial charge in [0.05, 0.1) is 24.1 Å². The Morgan fingerprint density at radius 1 is 1.10 bits per heavy atom. The molecule has 3 aromatic rings.